The van der Waals surface area contributed by atoms with Gasteiger partial charge in [0.05, 0.1) is 5.92 Å². The Bertz CT molecular complexity index is 472. The Morgan fingerprint density at radius 2 is 2.14 bits per heavy atom. The summed E-state index contributed by atoms with van der Waals surface area (Å²) in [5.41, 5.74) is 2.48. The van der Waals surface area contributed by atoms with Crippen molar-refractivity contribution in [1.29, 1.82) is 0 Å². The Morgan fingerprint density at radius 1 is 1.38 bits per heavy atom. The first kappa shape index (κ1) is 16.0. The van der Waals surface area contributed by atoms with E-state index in [9.17, 15) is 4.79 Å². The van der Waals surface area contributed by atoms with E-state index in [1.54, 1.807) is 0 Å². The van der Waals surface area contributed by atoms with Crippen molar-refractivity contribution in [2.24, 2.45) is 0 Å². The molecule has 0 saturated heterocycles. The zero-order chi connectivity index (χ0) is 15.2. The minimum Gasteiger partial charge on any atom is -0.339 e. The molecule has 2 rings (SSSR count). The number of nitrogens with zero attached hydrogens (tertiary/aromatic N) is 1. The minimum atomic E-state index is -0.0270. The van der Waals surface area contributed by atoms with E-state index in [0.29, 0.717) is 6.04 Å². The van der Waals surface area contributed by atoms with E-state index in [2.05, 4.69) is 49.2 Å². The lowest BCUT2D eigenvalue weighted by molar-refractivity contribution is -0.135. The summed E-state index contributed by atoms with van der Waals surface area (Å²) in [5.74, 6) is 0.262. The molecular formula is C18H28N2O. The van der Waals surface area contributed by atoms with Crippen LogP contribution in [0.25, 0.3) is 0 Å². The number of hydrogen-bond acceptors (Lipinski definition) is 2. The maximum Gasteiger partial charge on any atom is 0.231 e. The van der Waals surface area contributed by atoms with Crippen LogP contribution in [0.4, 0.5) is 0 Å². The average molecular weight is 288 g/mol. The van der Waals surface area contributed by atoms with Gasteiger partial charge >= 0.3 is 0 Å². The van der Waals surface area contributed by atoms with E-state index >= 15 is 0 Å². The molecule has 0 aromatic heterocycles. The quantitative estimate of drug-likeness (QED) is 0.871. The lowest BCUT2D eigenvalue weighted by Crippen LogP contribution is -2.45. The molecule has 0 saturated carbocycles. The highest BCUT2D eigenvalue weighted by atomic mass is 16.2. The number of benzene rings is 1. The highest BCUT2D eigenvalue weighted by molar-refractivity contribution is 5.85. The second-order valence-corrected chi connectivity index (χ2v) is 6.02. The molecule has 1 aromatic carbocycles. The maximum atomic E-state index is 13.1. The van der Waals surface area contributed by atoms with Gasteiger partial charge in [0.2, 0.25) is 5.91 Å². The van der Waals surface area contributed by atoms with Gasteiger partial charge in [0.15, 0.2) is 0 Å². The second kappa shape index (κ2) is 7.60. The van der Waals surface area contributed by atoms with Crippen LogP contribution in [0.5, 0.6) is 0 Å². The lowest BCUT2D eigenvalue weighted by atomic mass is 9.89. The molecule has 1 N–H and O–H groups in total. The summed E-state index contributed by atoms with van der Waals surface area (Å²) in [5, 5.41) is 3.39. The lowest BCUT2D eigenvalue weighted by Gasteiger charge is -2.34. The SMILES string of the molecule is CCCCN(C(=O)C1CNCc2ccccc21)C(C)CC. The Labute approximate surface area is 128 Å². The van der Waals surface area contributed by atoms with Crippen molar-refractivity contribution in [3.8, 4) is 0 Å². The Kier molecular flexibility index (Phi) is 5.80. The van der Waals surface area contributed by atoms with Crippen LogP contribution >= 0.6 is 0 Å². The van der Waals surface area contributed by atoms with E-state index in [0.717, 1.165) is 38.9 Å². The van der Waals surface area contributed by atoms with Crippen molar-refractivity contribution in [1.82, 2.24) is 10.2 Å². The standard InChI is InChI=1S/C18H28N2O/c1-4-6-11-20(14(3)5-2)18(21)17-13-19-12-15-9-7-8-10-16(15)17/h7-10,14,17,19H,4-6,11-13H2,1-3H3. The fourth-order valence-corrected chi connectivity index (χ4v) is 3.01. The van der Waals surface area contributed by atoms with Crippen molar-refractivity contribution in [2.45, 2.75) is 58.5 Å². The molecule has 3 nitrogen and oxygen atoms in total. The molecule has 116 valence electrons. The van der Waals surface area contributed by atoms with Crippen LogP contribution in [-0.2, 0) is 11.3 Å². The van der Waals surface area contributed by atoms with Gasteiger partial charge in [-0.1, -0.05) is 44.5 Å². The number of nitrogens with one attached hydrogen (secondary N) is 1. The number of rotatable bonds is 6. The third kappa shape index (κ3) is 3.65. The molecular weight excluding hydrogens is 260 g/mol. The number of hydrogen-bond donors (Lipinski definition) is 1. The van der Waals surface area contributed by atoms with E-state index in [-0.39, 0.29) is 11.8 Å². The predicted molar refractivity (Wildman–Crippen MR) is 87.3 cm³/mol. The third-order valence-corrected chi connectivity index (χ3v) is 4.55. The number of carbonyl (C=O) groups excluding carboxylic acids is 1. The van der Waals surface area contributed by atoms with Gasteiger partial charge in [0.25, 0.3) is 0 Å². The van der Waals surface area contributed by atoms with Crippen molar-refractivity contribution in [2.75, 3.05) is 13.1 Å². The average Bonchev–Trinajstić information content (AvgIpc) is 2.54. The third-order valence-electron chi connectivity index (χ3n) is 4.55. The number of carbonyl (C=O) groups is 1. The van der Waals surface area contributed by atoms with Gasteiger partial charge in [0, 0.05) is 25.7 Å². The van der Waals surface area contributed by atoms with Crippen LogP contribution in [0.2, 0.25) is 0 Å². The largest absolute Gasteiger partial charge is 0.339 e. The monoisotopic (exact) mass is 288 g/mol. The molecule has 1 aromatic rings. The van der Waals surface area contributed by atoms with Crippen LogP contribution in [-0.4, -0.2) is 29.9 Å². The van der Waals surface area contributed by atoms with E-state index in [4.69, 9.17) is 0 Å². The molecule has 0 radical (unpaired) electrons. The summed E-state index contributed by atoms with van der Waals surface area (Å²) in [6.07, 6.45) is 3.22. The van der Waals surface area contributed by atoms with Crippen LogP contribution < -0.4 is 5.32 Å². The summed E-state index contributed by atoms with van der Waals surface area (Å²) < 4.78 is 0. The van der Waals surface area contributed by atoms with Gasteiger partial charge in [0.1, 0.15) is 0 Å². The molecule has 3 heteroatoms. The Morgan fingerprint density at radius 3 is 2.86 bits per heavy atom. The molecule has 0 fully saturated rings. The van der Waals surface area contributed by atoms with Crippen LogP contribution in [0.3, 0.4) is 0 Å². The number of unbranched alkanes of at least 4 members (excludes halogenated alkanes) is 1. The summed E-state index contributed by atoms with van der Waals surface area (Å²) in [6.45, 7) is 9.01. The van der Waals surface area contributed by atoms with Crippen molar-refractivity contribution >= 4 is 5.91 Å². The number of amides is 1. The zero-order valence-corrected chi connectivity index (χ0v) is 13.6. The number of fused-ring (bicyclic) bond motifs is 1. The van der Waals surface area contributed by atoms with E-state index < -0.39 is 0 Å². The smallest absolute Gasteiger partial charge is 0.231 e. The molecule has 21 heavy (non-hydrogen) atoms. The summed E-state index contributed by atoms with van der Waals surface area (Å²) in [7, 11) is 0. The first-order valence-corrected chi connectivity index (χ1v) is 8.28. The van der Waals surface area contributed by atoms with E-state index in [1.165, 1.54) is 11.1 Å². The van der Waals surface area contributed by atoms with Crippen molar-refractivity contribution in [3.63, 3.8) is 0 Å². The van der Waals surface area contributed by atoms with Gasteiger partial charge in [-0.15, -0.1) is 0 Å². The van der Waals surface area contributed by atoms with Gasteiger partial charge < -0.3 is 10.2 Å². The van der Waals surface area contributed by atoms with Crippen molar-refractivity contribution < 1.29 is 4.79 Å². The molecule has 2 atom stereocenters. The van der Waals surface area contributed by atoms with Crippen LogP contribution in [0.1, 0.15) is 57.1 Å². The first-order chi connectivity index (χ1) is 10.2. The molecule has 2 unspecified atom stereocenters. The Hall–Kier alpha value is -1.35. The molecule has 0 spiro atoms. The highest BCUT2D eigenvalue weighted by Crippen LogP contribution is 2.26. The molecule has 1 heterocycles. The molecule has 1 amide bonds. The molecule has 1 aliphatic rings. The van der Waals surface area contributed by atoms with Crippen LogP contribution in [0, 0.1) is 0 Å². The fourth-order valence-electron chi connectivity index (χ4n) is 3.01. The summed E-state index contributed by atoms with van der Waals surface area (Å²) in [6, 6.07) is 8.66. The molecule has 1 aliphatic heterocycles. The highest BCUT2D eigenvalue weighted by Gasteiger charge is 2.31. The molecule has 0 aliphatic carbocycles. The van der Waals surface area contributed by atoms with Gasteiger partial charge in [-0.2, -0.15) is 0 Å². The predicted octanol–water partition coefficient (Wildman–Crippen LogP) is 3.30. The Balaban J connectivity index is 2.21. The van der Waals surface area contributed by atoms with Gasteiger partial charge in [-0.25, -0.2) is 0 Å². The van der Waals surface area contributed by atoms with Gasteiger partial charge in [-0.05, 0) is 30.9 Å². The fraction of sp³-hybridized carbons (Fsp3) is 0.611. The molecule has 0 bridgehead atoms. The zero-order valence-electron chi connectivity index (χ0n) is 13.6. The van der Waals surface area contributed by atoms with Crippen LogP contribution in [0.15, 0.2) is 24.3 Å². The first-order valence-electron chi connectivity index (χ1n) is 8.28. The maximum absolute atomic E-state index is 13.1. The second-order valence-electron chi connectivity index (χ2n) is 6.02. The van der Waals surface area contributed by atoms with Gasteiger partial charge in [-0.3, -0.25) is 4.79 Å². The minimum absolute atomic E-state index is 0.0270. The normalized spacial score (nSPS) is 18.9. The summed E-state index contributed by atoms with van der Waals surface area (Å²) >= 11 is 0. The summed E-state index contributed by atoms with van der Waals surface area (Å²) in [4.78, 5) is 15.1. The van der Waals surface area contributed by atoms with E-state index in [1.807, 2.05) is 6.07 Å². The topological polar surface area (TPSA) is 32.3 Å². The van der Waals surface area contributed by atoms with Crippen molar-refractivity contribution in [3.05, 3.63) is 35.4 Å².